The molecular formula is C13H19FN2O2. The Balaban J connectivity index is 2.44. The minimum atomic E-state index is -0.361. The number of benzene rings is 1. The highest BCUT2D eigenvalue weighted by atomic mass is 19.1. The SMILES string of the molecule is CC(Cc1ccccc1F)NC(=O)N[C@@H](C)CO. The third-order valence-corrected chi connectivity index (χ3v) is 2.51. The van der Waals surface area contributed by atoms with Crippen molar-refractivity contribution in [2.75, 3.05) is 6.61 Å². The van der Waals surface area contributed by atoms with E-state index in [1.807, 2.05) is 0 Å². The van der Waals surface area contributed by atoms with Crippen LogP contribution in [0.5, 0.6) is 0 Å². The van der Waals surface area contributed by atoms with Crippen molar-refractivity contribution in [1.82, 2.24) is 10.6 Å². The predicted octanol–water partition coefficient (Wildman–Crippen LogP) is 1.44. The lowest BCUT2D eigenvalue weighted by molar-refractivity contribution is 0.218. The number of carbonyl (C=O) groups excluding carboxylic acids is 1. The summed E-state index contributed by atoms with van der Waals surface area (Å²) in [7, 11) is 0. The molecule has 2 atom stereocenters. The van der Waals surface area contributed by atoms with E-state index in [0.717, 1.165) is 0 Å². The third kappa shape index (κ3) is 4.71. The smallest absolute Gasteiger partial charge is 0.315 e. The number of hydrogen-bond donors (Lipinski definition) is 3. The summed E-state index contributed by atoms with van der Waals surface area (Å²) in [5, 5.41) is 14.1. The Morgan fingerprint density at radius 3 is 2.50 bits per heavy atom. The number of urea groups is 1. The second-order valence-electron chi connectivity index (χ2n) is 4.40. The van der Waals surface area contributed by atoms with Crippen LogP contribution in [0.2, 0.25) is 0 Å². The summed E-state index contributed by atoms with van der Waals surface area (Å²) in [5.74, 6) is -0.268. The molecule has 0 aliphatic heterocycles. The van der Waals surface area contributed by atoms with E-state index in [9.17, 15) is 9.18 Å². The molecule has 3 N–H and O–H groups in total. The molecule has 0 aromatic heterocycles. The van der Waals surface area contributed by atoms with E-state index in [1.165, 1.54) is 6.07 Å². The Morgan fingerprint density at radius 1 is 1.28 bits per heavy atom. The topological polar surface area (TPSA) is 61.4 Å². The summed E-state index contributed by atoms with van der Waals surface area (Å²) in [5.41, 5.74) is 0.570. The van der Waals surface area contributed by atoms with E-state index in [4.69, 9.17) is 5.11 Å². The van der Waals surface area contributed by atoms with Crippen LogP contribution in [-0.2, 0) is 6.42 Å². The number of amides is 2. The Labute approximate surface area is 106 Å². The number of nitrogens with one attached hydrogen (secondary N) is 2. The highest BCUT2D eigenvalue weighted by molar-refractivity contribution is 5.74. The molecule has 0 saturated heterocycles. The van der Waals surface area contributed by atoms with Crippen LogP contribution in [0, 0.1) is 5.82 Å². The van der Waals surface area contributed by atoms with E-state index in [1.54, 1.807) is 32.0 Å². The molecule has 1 rings (SSSR count). The monoisotopic (exact) mass is 254 g/mol. The van der Waals surface area contributed by atoms with Crippen molar-refractivity contribution in [3.63, 3.8) is 0 Å². The van der Waals surface area contributed by atoms with E-state index in [2.05, 4.69) is 10.6 Å². The van der Waals surface area contributed by atoms with Gasteiger partial charge in [0.25, 0.3) is 0 Å². The van der Waals surface area contributed by atoms with Crippen LogP contribution in [0.15, 0.2) is 24.3 Å². The van der Waals surface area contributed by atoms with E-state index >= 15 is 0 Å². The molecule has 0 fully saturated rings. The maximum Gasteiger partial charge on any atom is 0.315 e. The van der Waals surface area contributed by atoms with Gasteiger partial charge >= 0.3 is 6.03 Å². The van der Waals surface area contributed by atoms with Crippen LogP contribution in [0.3, 0.4) is 0 Å². The summed E-state index contributed by atoms with van der Waals surface area (Å²) >= 11 is 0. The van der Waals surface area contributed by atoms with Crippen molar-refractivity contribution in [2.45, 2.75) is 32.4 Å². The molecule has 0 radical (unpaired) electrons. The van der Waals surface area contributed by atoms with Gasteiger partial charge < -0.3 is 15.7 Å². The van der Waals surface area contributed by atoms with Gasteiger partial charge in [-0.3, -0.25) is 0 Å². The Morgan fingerprint density at radius 2 is 1.89 bits per heavy atom. The molecular weight excluding hydrogens is 235 g/mol. The van der Waals surface area contributed by atoms with Gasteiger partial charge in [0, 0.05) is 6.04 Å². The molecule has 1 aromatic rings. The summed E-state index contributed by atoms with van der Waals surface area (Å²) in [6, 6.07) is 5.64. The number of aliphatic hydroxyl groups excluding tert-OH is 1. The first-order chi connectivity index (χ1) is 8.52. The molecule has 0 bridgehead atoms. The fourth-order valence-electron chi connectivity index (χ4n) is 1.58. The molecule has 18 heavy (non-hydrogen) atoms. The predicted molar refractivity (Wildman–Crippen MR) is 67.8 cm³/mol. The Hall–Kier alpha value is -1.62. The van der Waals surface area contributed by atoms with Gasteiger partial charge in [-0.2, -0.15) is 0 Å². The number of carbonyl (C=O) groups is 1. The molecule has 0 aliphatic carbocycles. The van der Waals surface area contributed by atoms with Crippen LogP contribution in [-0.4, -0.2) is 29.8 Å². The molecule has 0 spiro atoms. The average Bonchev–Trinajstić information content (AvgIpc) is 2.31. The van der Waals surface area contributed by atoms with E-state index in [0.29, 0.717) is 12.0 Å². The lowest BCUT2D eigenvalue weighted by Gasteiger charge is -2.17. The maximum absolute atomic E-state index is 13.4. The maximum atomic E-state index is 13.4. The molecule has 1 unspecified atom stereocenters. The molecule has 1 aromatic carbocycles. The zero-order valence-electron chi connectivity index (χ0n) is 10.6. The summed E-state index contributed by atoms with van der Waals surface area (Å²) in [6.07, 6.45) is 0.424. The minimum absolute atomic E-state index is 0.116. The van der Waals surface area contributed by atoms with Crippen LogP contribution in [0.1, 0.15) is 19.4 Å². The van der Waals surface area contributed by atoms with Crippen LogP contribution < -0.4 is 10.6 Å². The van der Waals surface area contributed by atoms with Gasteiger partial charge in [-0.25, -0.2) is 9.18 Å². The fourth-order valence-corrected chi connectivity index (χ4v) is 1.58. The average molecular weight is 254 g/mol. The van der Waals surface area contributed by atoms with Gasteiger partial charge in [0.1, 0.15) is 5.82 Å². The first-order valence-electron chi connectivity index (χ1n) is 5.94. The second-order valence-corrected chi connectivity index (χ2v) is 4.40. The zero-order chi connectivity index (χ0) is 13.5. The molecule has 2 amide bonds. The third-order valence-electron chi connectivity index (χ3n) is 2.51. The zero-order valence-corrected chi connectivity index (χ0v) is 10.6. The highest BCUT2D eigenvalue weighted by Gasteiger charge is 2.11. The standard InChI is InChI=1S/C13H19FN2O2/c1-9(15-13(18)16-10(2)8-17)7-11-5-3-4-6-12(11)14/h3-6,9-10,17H,7-8H2,1-2H3,(H2,15,16,18)/t9?,10-/m0/s1. The molecule has 4 nitrogen and oxygen atoms in total. The van der Waals surface area contributed by atoms with Crippen molar-refractivity contribution < 1.29 is 14.3 Å². The van der Waals surface area contributed by atoms with Crippen LogP contribution >= 0.6 is 0 Å². The normalized spacial score (nSPS) is 13.8. The van der Waals surface area contributed by atoms with Gasteiger partial charge in [0.05, 0.1) is 12.6 Å². The first kappa shape index (κ1) is 14.4. The fraction of sp³-hybridized carbons (Fsp3) is 0.462. The van der Waals surface area contributed by atoms with E-state index < -0.39 is 0 Å². The largest absolute Gasteiger partial charge is 0.394 e. The van der Waals surface area contributed by atoms with Crippen molar-refractivity contribution >= 4 is 6.03 Å². The highest BCUT2D eigenvalue weighted by Crippen LogP contribution is 2.08. The van der Waals surface area contributed by atoms with Crippen molar-refractivity contribution in [3.8, 4) is 0 Å². The number of halogens is 1. The quantitative estimate of drug-likeness (QED) is 0.744. The number of rotatable bonds is 5. The summed E-state index contributed by atoms with van der Waals surface area (Å²) in [4.78, 5) is 11.5. The van der Waals surface area contributed by atoms with Gasteiger partial charge in [-0.1, -0.05) is 18.2 Å². The molecule has 0 aliphatic rings. The van der Waals surface area contributed by atoms with Crippen molar-refractivity contribution in [2.24, 2.45) is 0 Å². The Kier molecular flexibility index (Phi) is 5.58. The molecule has 0 saturated carbocycles. The van der Waals surface area contributed by atoms with Gasteiger partial charge in [0.15, 0.2) is 0 Å². The van der Waals surface area contributed by atoms with Gasteiger partial charge in [-0.15, -0.1) is 0 Å². The first-order valence-corrected chi connectivity index (χ1v) is 5.94. The van der Waals surface area contributed by atoms with E-state index in [-0.39, 0.29) is 30.5 Å². The summed E-state index contributed by atoms with van der Waals surface area (Å²) < 4.78 is 13.4. The molecule has 100 valence electrons. The number of aliphatic hydroxyl groups is 1. The summed E-state index contributed by atoms with van der Waals surface area (Å²) in [6.45, 7) is 3.38. The van der Waals surface area contributed by atoms with Crippen LogP contribution in [0.4, 0.5) is 9.18 Å². The lowest BCUT2D eigenvalue weighted by atomic mass is 10.1. The van der Waals surface area contributed by atoms with Gasteiger partial charge in [-0.05, 0) is 31.9 Å². The van der Waals surface area contributed by atoms with Gasteiger partial charge in [0.2, 0.25) is 0 Å². The second kappa shape index (κ2) is 6.96. The number of hydrogen-bond acceptors (Lipinski definition) is 2. The minimum Gasteiger partial charge on any atom is -0.394 e. The Bertz CT molecular complexity index is 398. The van der Waals surface area contributed by atoms with Crippen molar-refractivity contribution in [3.05, 3.63) is 35.6 Å². The lowest BCUT2D eigenvalue weighted by Crippen LogP contribution is -2.46. The van der Waals surface area contributed by atoms with Crippen LogP contribution in [0.25, 0.3) is 0 Å². The molecule has 0 heterocycles. The molecule has 5 heteroatoms. The van der Waals surface area contributed by atoms with Crippen molar-refractivity contribution in [1.29, 1.82) is 0 Å².